The fourth-order valence-corrected chi connectivity index (χ4v) is 1.71. The van der Waals surface area contributed by atoms with E-state index in [4.69, 9.17) is 4.74 Å². The van der Waals surface area contributed by atoms with Crippen LogP contribution in [0.4, 0.5) is 0 Å². The highest BCUT2D eigenvalue weighted by Crippen LogP contribution is 2.18. The Bertz CT molecular complexity index is 283. The van der Waals surface area contributed by atoms with Crippen LogP contribution < -0.4 is 0 Å². The summed E-state index contributed by atoms with van der Waals surface area (Å²) in [6.07, 6.45) is 1.05. The molecule has 12 heavy (non-hydrogen) atoms. The van der Waals surface area contributed by atoms with Gasteiger partial charge in [-0.2, -0.15) is 12.6 Å². The topological polar surface area (TPSA) is 9.23 Å². The molecule has 1 heterocycles. The van der Waals surface area contributed by atoms with E-state index in [-0.39, 0.29) is 0 Å². The third-order valence-corrected chi connectivity index (χ3v) is 2.59. The Morgan fingerprint density at radius 3 is 3.08 bits per heavy atom. The van der Waals surface area contributed by atoms with E-state index in [1.54, 1.807) is 0 Å². The van der Waals surface area contributed by atoms with E-state index < -0.39 is 0 Å². The van der Waals surface area contributed by atoms with Crippen LogP contribution in [0.5, 0.6) is 0 Å². The van der Waals surface area contributed by atoms with Crippen LogP contribution in [0.15, 0.2) is 18.2 Å². The highest BCUT2D eigenvalue weighted by molar-refractivity contribution is 7.79. The lowest BCUT2D eigenvalue weighted by atomic mass is 10.0. The van der Waals surface area contributed by atoms with Crippen molar-refractivity contribution in [2.24, 2.45) is 0 Å². The molecule has 0 unspecified atom stereocenters. The SMILES string of the molecule is SCc1ccc2c(c1)CCOC2. The molecule has 1 aromatic carbocycles. The van der Waals surface area contributed by atoms with Crippen molar-refractivity contribution < 1.29 is 4.74 Å². The summed E-state index contributed by atoms with van der Waals surface area (Å²) in [5.74, 6) is 0.828. The molecule has 0 fully saturated rings. The number of thiol groups is 1. The largest absolute Gasteiger partial charge is 0.376 e. The van der Waals surface area contributed by atoms with Gasteiger partial charge in [-0.05, 0) is 23.1 Å². The maximum Gasteiger partial charge on any atom is 0.0719 e. The van der Waals surface area contributed by atoms with Gasteiger partial charge < -0.3 is 4.74 Å². The molecular weight excluding hydrogens is 168 g/mol. The van der Waals surface area contributed by atoms with Crippen molar-refractivity contribution in [3.8, 4) is 0 Å². The van der Waals surface area contributed by atoms with E-state index in [9.17, 15) is 0 Å². The van der Waals surface area contributed by atoms with Gasteiger partial charge in [-0.3, -0.25) is 0 Å². The maximum atomic E-state index is 5.35. The Balaban J connectivity index is 2.36. The molecule has 64 valence electrons. The summed E-state index contributed by atoms with van der Waals surface area (Å²) in [4.78, 5) is 0. The lowest BCUT2D eigenvalue weighted by molar-refractivity contribution is 0.110. The zero-order valence-electron chi connectivity index (χ0n) is 6.92. The molecule has 0 aliphatic carbocycles. The number of ether oxygens (including phenoxy) is 1. The van der Waals surface area contributed by atoms with E-state index >= 15 is 0 Å². The molecule has 2 rings (SSSR count). The average molecular weight is 180 g/mol. The molecule has 0 spiro atoms. The minimum Gasteiger partial charge on any atom is -0.376 e. The van der Waals surface area contributed by atoms with Crippen LogP contribution >= 0.6 is 12.6 Å². The molecule has 0 bridgehead atoms. The molecule has 0 saturated heterocycles. The van der Waals surface area contributed by atoms with E-state index in [0.717, 1.165) is 25.4 Å². The summed E-state index contributed by atoms with van der Waals surface area (Å²) in [6.45, 7) is 1.64. The highest BCUT2D eigenvalue weighted by Gasteiger charge is 2.08. The molecule has 0 aromatic heterocycles. The van der Waals surface area contributed by atoms with Crippen LogP contribution in [0.1, 0.15) is 16.7 Å². The van der Waals surface area contributed by atoms with E-state index in [2.05, 4.69) is 30.8 Å². The second-order valence-electron chi connectivity index (χ2n) is 3.06. The van der Waals surface area contributed by atoms with Gasteiger partial charge in [-0.1, -0.05) is 18.2 Å². The third kappa shape index (κ3) is 1.50. The molecule has 0 radical (unpaired) electrons. The van der Waals surface area contributed by atoms with Crippen LogP contribution in [0.25, 0.3) is 0 Å². The monoisotopic (exact) mass is 180 g/mol. The van der Waals surface area contributed by atoms with Gasteiger partial charge in [-0.25, -0.2) is 0 Å². The van der Waals surface area contributed by atoms with Crippen molar-refractivity contribution in [3.63, 3.8) is 0 Å². The van der Waals surface area contributed by atoms with Gasteiger partial charge in [0.05, 0.1) is 13.2 Å². The van der Waals surface area contributed by atoms with Crippen LogP contribution in [-0.2, 0) is 23.5 Å². The summed E-state index contributed by atoms with van der Waals surface area (Å²) in [6, 6.07) is 6.52. The summed E-state index contributed by atoms with van der Waals surface area (Å²) in [5.41, 5.74) is 4.08. The first kappa shape index (κ1) is 8.14. The number of rotatable bonds is 1. The van der Waals surface area contributed by atoms with Gasteiger partial charge in [0, 0.05) is 5.75 Å². The standard InChI is InChI=1S/C10H12OS/c12-7-8-1-2-10-6-11-4-3-9(10)5-8/h1-2,5,12H,3-4,6-7H2. The lowest BCUT2D eigenvalue weighted by Gasteiger charge is -2.16. The van der Waals surface area contributed by atoms with Gasteiger partial charge in [0.1, 0.15) is 0 Å². The Morgan fingerprint density at radius 1 is 1.33 bits per heavy atom. The summed E-state index contributed by atoms with van der Waals surface area (Å²) >= 11 is 4.25. The first-order valence-electron chi connectivity index (χ1n) is 4.19. The van der Waals surface area contributed by atoms with Crippen molar-refractivity contribution >= 4 is 12.6 Å². The Morgan fingerprint density at radius 2 is 2.25 bits per heavy atom. The predicted octanol–water partition coefficient (Wildman–Crippen LogP) is 2.19. The van der Waals surface area contributed by atoms with E-state index in [0.29, 0.717) is 0 Å². The number of hydrogen-bond donors (Lipinski definition) is 1. The zero-order valence-corrected chi connectivity index (χ0v) is 7.81. The van der Waals surface area contributed by atoms with Crippen LogP contribution in [0, 0.1) is 0 Å². The van der Waals surface area contributed by atoms with Gasteiger partial charge >= 0.3 is 0 Å². The second kappa shape index (κ2) is 3.50. The predicted molar refractivity (Wildman–Crippen MR) is 52.5 cm³/mol. The normalized spacial score (nSPS) is 15.8. The summed E-state index contributed by atoms with van der Waals surface area (Å²) in [5, 5.41) is 0. The van der Waals surface area contributed by atoms with Crippen molar-refractivity contribution in [2.45, 2.75) is 18.8 Å². The molecule has 0 amide bonds. The molecule has 1 aliphatic heterocycles. The van der Waals surface area contributed by atoms with Crippen molar-refractivity contribution in [3.05, 3.63) is 34.9 Å². The number of benzene rings is 1. The molecule has 0 saturated carbocycles. The number of fused-ring (bicyclic) bond motifs is 1. The summed E-state index contributed by atoms with van der Waals surface area (Å²) < 4.78 is 5.35. The minimum absolute atomic E-state index is 0.780. The molecule has 1 aromatic rings. The quantitative estimate of drug-likeness (QED) is 0.652. The van der Waals surface area contributed by atoms with E-state index in [1.807, 2.05) is 0 Å². The fraction of sp³-hybridized carbons (Fsp3) is 0.400. The molecular formula is C10H12OS. The molecule has 2 heteroatoms. The first-order valence-corrected chi connectivity index (χ1v) is 4.82. The van der Waals surface area contributed by atoms with Crippen LogP contribution in [0.3, 0.4) is 0 Å². The van der Waals surface area contributed by atoms with Gasteiger partial charge in [0.2, 0.25) is 0 Å². The smallest absolute Gasteiger partial charge is 0.0719 e. The van der Waals surface area contributed by atoms with E-state index in [1.165, 1.54) is 16.7 Å². The maximum absolute atomic E-state index is 5.35. The second-order valence-corrected chi connectivity index (χ2v) is 3.38. The Hall–Kier alpha value is -0.470. The van der Waals surface area contributed by atoms with Gasteiger partial charge in [0.25, 0.3) is 0 Å². The van der Waals surface area contributed by atoms with Crippen molar-refractivity contribution in [1.29, 1.82) is 0 Å². The molecule has 1 aliphatic rings. The highest BCUT2D eigenvalue weighted by atomic mass is 32.1. The van der Waals surface area contributed by atoms with Gasteiger partial charge in [0.15, 0.2) is 0 Å². The molecule has 0 atom stereocenters. The van der Waals surface area contributed by atoms with Crippen molar-refractivity contribution in [2.75, 3.05) is 6.61 Å². The Kier molecular flexibility index (Phi) is 2.38. The van der Waals surface area contributed by atoms with Crippen LogP contribution in [0.2, 0.25) is 0 Å². The minimum atomic E-state index is 0.780. The zero-order chi connectivity index (χ0) is 8.39. The summed E-state index contributed by atoms with van der Waals surface area (Å²) in [7, 11) is 0. The number of hydrogen-bond acceptors (Lipinski definition) is 2. The first-order chi connectivity index (χ1) is 5.90. The average Bonchev–Trinajstić information content (AvgIpc) is 2.17. The molecule has 0 N–H and O–H groups in total. The van der Waals surface area contributed by atoms with Crippen molar-refractivity contribution in [1.82, 2.24) is 0 Å². The lowest BCUT2D eigenvalue weighted by Crippen LogP contribution is -2.09. The molecule has 1 nitrogen and oxygen atoms in total. The van der Waals surface area contributed by atoms with Gasteiger partial charge in [-0.15, -0.1) is 0 Å². The Labute approximate surface area is 78.2 Å². The van der Waals surface area contributed by atoms with Crippen LogP contribution in [-0.4, -0.2) is 6.61 Å². The third-order valence-electron chi connectivity index (χ3n) is 2.23. The fourth-order valence-electron chi connectivity index (χ4n) is 1.52.